The van der Waals surface area contributed by atoms with Crippen LogP contribution in [0.25, 0.3) is 17.0 Å². The van der Waals surface area contributed by atoms with Gasteiger partial charge in [0.2, 0.25) is 0 Å². The summed E-state index contributed by atoms with van der Waals surface area (Å²) in [6, 6.07) is 3.97. The second-order valence-corrected chi connectivity index (χ2v) is 2.39. The zero-order valence-corrected chi connectivity index (χ0v) is 6.04. The first-order chi connectivity index (χ1) is 5.40. The average Bonchev–Trinajstić information content (AvgIpc) is 2.46. The number of aromatic nitrogens is 2. The first-order valence-electron chi connectivity index (χ1n) is 3.45. The van der Waals surface area contributed by atoms with Crippen molar-refractivity contribution in [2.24, 2.45) is 0 Å². The van der Waals surface area contributed by atoms with Gasteiger partial charge in [0.25, 0.3) is 0 Å². The minimum atomic E-state index is 1.04. The van der Waals surface area contributed by atoms with Gasteiger partial charge in [-0.15, -0.1) is 0 Å². The quantitative estimate of drug-likeness (QED) is 0.653. The highest BCUT2D eigenvalue weighted by Gasteiger charge is 1.94. The molecule has 2 aromatic rings. The van der Waals surface area contributed by atoms with E-state index in [9.17, 15) is 0 Å². The van der Waals surface area contributed by atoms with Crippen molar-refractivity contribution in [2.75, 3.05) is 0 Å². The molecule has 0 saturated heterocycles. The molecule has 2 heterocycles. The molecule has 0 bridgehead atoms. The van der Waals surface area contributed by atoms with Crippen LogP contribution in [-0.4, -0.2) is 9.97 Å². The molecule has 0 saturated carbocycles. The third-order valence-corrected chi connectivity index (χ3v) is 1.66. The minimum absolute atomic E-state index is 1.04. The zero-order valence-electron chi connectivity index (χ0n) is 6.04. The Morgan fingerprint density at radius 1 is 1.55 bits per heavy atom. The Bertz CT molecular complexity index is 354. The van der Waals surface area contributed by atoms with Gasteiger partial charge in [0, 0.05) is 29.0 Å². The van der Waals surface area contributed by atoms with Crippen LogP contribution in [-0.2, 0) is 0 Å². The predicted molar refractivity (Wildman–Crippen MR) is 46.2 cm³/mol. The van der Waals surface area contributed by atoms with E-state index in [1.807, 2.05) is 18.3 Å². The lowest BCUT2D eigenvalue weighted by atomic mass is 10.3. The van der Waals surface area contributed by atoms with E-state index in [0.29, 0.717) is 0 Å². The van der Waals surface area contributed by atoms with E-state index in [4.69, 9.17) is 0 Å². The van der Waals surface area contributed by atoms with Crippen molar-refractivity contribution in [1.29, 1.82) is 0 Å². The molecule has 0 radical (unpaired) electrons. The largest absolute Gasteiger partial charge is 0.355 e. The molecule has 0 atom stereocenters. The number of fused-ring (bicyclic) bond motifs is 1. The summed E-state index contributed by atoms with van der Waals surface area (Å²) in [7, 11) is 0. The van der Waals surface area contributed by atoms with Gasteiger partial charge in [0.15, 0.2) is 0 Å². The number of hydrogen-bond acceptors (Lipinski definition) is 1. The first-order valence-corrected chi connectivity index (χ1v) is 3.45. The summed E-state index contributed by atoms with van der Waals surface area (Å²) in [6.45, 7) is 3.67. The highest BCUT2D eigenvalue weighted by atomic mass is 14.7. The number of aromatic amines is 1. The Kier molecular flexibility index (Phi) is 1.25. The number of hydrogen-bond donors (Lipinski definition) is 1. The third-order valence-electron chi connectivity index (χ3n) is 1.66. The van der Waals surface area contributed by atoms with Crippen molar-refractivity contribution in [2.45, 2.75) is 0 Å². The molecule has 0 spiro atoms. The summed E-state index contributed by atoms with van der Waals surface area (Å²) in [5.74, 6) is 0. The fourth-order valence-corrected chi connectivity index (χ4v) is 1.10. The molecule has 0 aliphatic rings. The van der Waals surface area contributed by atoms with Crippen LogP contribution in [0.2, 0.25) is 0 Å². The normalized spacial score (nSPS) is 10.2. The zero-order chi connectivity index (χ0) is 7.68. The lowest BCUT2D eigenvalue weighted by Gasteiger charge is -1.83. The molecular weight excluding hydrogens is 136 g/mol. The van der Waals surface area contributed by atoms with Crippen molar-refractivity contribution in [3.63, 3.8) is 0 Å². The number of nitrogens with one attached hydrogen (secondary N) is 1. The van der Waals surface area contributed by atoms with Crippen LogP contribution in [0.5, 0.6) is 0 Å². The van der Waals surface area contributed by atoms with Crippen LogP contribution in [0.1, 0.15) is 5.69 Å². The SMILES string of the molecule is C=Cc1cc2cnccc2[nH]1. The standard InChI is InChI=1S/C9H8N2/c1-2-8-5-7-6-10-4-3-9(7)11-8/h2-6,11H,1H2. The number of H-pyrrole nitrogens is 1. The molecule has 0 unspecified atom stereocenters. The Morgan fingerprint density at radius 2 is 2.45 bits per heavy atom. The second kappa shape index (κ2) is 2.23. The maximum atomic E-state index is 4.01. The number of pyridine rings is 1. The predicted octanol–water partition coefficient (Wildman–Crippen LogP) is 2.21. The Labute approximate surface area is 64.6 Å². The van der Waals surface area contributed by atoms with Crippen LogP contribution in [0.4, 0.5) is 0 Å². The van der Waals surface area contributed by atoms with Gasteiger partial charge in [-0.05, 0) is 18.2 Å². The van der Waals surface area contributed by atoms with E-state index >= 15 is 0 Å². The van der Waals surface area contributed by atoms with Gasteiger partial charge in [-0.1, -0.05) is 6.58 Å². The van der Waals surface area contributed by atoms with Crippen LogP contribution in [0, 0.1) is 0 Å². The molecule has 2 rings (SSSR count). The van der Waals surface area contributed by atoms with Crippen LogP contribution >= 0.6 is 0 Å². The molecule has 54 valence electrons. The van der Waals surface area contributed by atoms with Gasteiger partial charge in [-0.25, -0.2) is 0 Å². The Morgan fingerprint density at radius 3 is 3.18 bits per heavy atom. The van der Waals surface area contributed by atoms with Gasteiger partial charge in [0.1, 0.15) is 0 Å². The molecule has 0 fully saturated rings. The second-order valence-electron chi connectivity index (χ2n) is 2.39. The lowest BCUT2D eigenvalue weighted by molar-refractivity contribution is 1.35. The lowest BCUT2D eigenvalue weighted by Crippen LogP contribution is -1.69. The summed E-state index contributed by atoms with van der Waals surface area (Å²) in [5, 5.41) is 1.13. The monoisotopic (exact) mass is 144 g/mol. The third kappa shape index (κ3) is 0.923. The van der Waals surface area contributed by atoms with Gasteiger partial charge in [-0.3, -0.25) is 4.98 Å². The highest BCUT2D eigenvalue weighted by molar-refractivity contribution is 5.81. The molecule has 1 N–H and O–H groups in total. The number of nitrogens with zero attached hydrogens (tertiary/aromatic N) is 1. The summed E-state index contributed by atoms with van der Waals surface area (Å²) >= 11 is 0. The van der Waals surface area contributed by atoms with Crippen molar-refractivity contribution in [3.8, 4) is 0 Å². The number of rotatable bonds is 1. The van der Waals surface area contributed by atoms with E-state index < -0.39 is 0 Å². The van der Waals surface area contributed by atoms with E-state index in [0.717, 1.165) is 16.6 Å². The van der Waals surface area contributed by atoms with Gasteiger partial charge < -0.3 is 4.98 Å². The van der Waals surface area contributed by atoms with Crippen LogP contribution in [0.3, 0.4) is 0 Å². The summed E-state index contributed by atoms with van der Waals surface area (Å²) in [4.78, 5) is 7.19. The highest BCUT2D eigenvalue weighted by Crippen LogP contribution is 2.13. The van der Waals surface area contributed by atoms with Crippen molar-refractivity contribution in [3.05, 3.63) is 36.8 Å². The maximum absolute atomic E-state index is 4.01. The van der Waals surface area contributed by atoms with E-state index in [1.54, 1.807) is 12.3 Å². The fraction of sp³-hybridized carbons (Fsp3) is 0. The molecule has 11 heavy (non-hydrogen) atoms. The molecule has 0 aliphatic heterocycles. The van der Waals surface area contributed by atoms with Crippen LogP contribution in [0.15, 0.2) is 31.1 Å². The van der Waals surface area contributed by atoms with E-state index in [-0.39, 0.29) is 0 Å². The topological polar surface area (TPSA) is 28.7 Å². The molecule has 0 aliphatic carbocycles. The Hall–Kier alpha value is -1.57. The smallest absolute Gasteiger partial charge is 0.0489 e. The molecule has 2 nitrogen and oxygen atoms in total. The van der Waals surface area contributed by atoms with Crippen molar-refractivity contribution >= 4 is 17.0 Å². The fourth-order valence-electron chi connectivity index (χ4n) is 1.10. The minimum Gasteiger partial charge on any atom is -0.355 e. The average molecular weight is 144 g/mol. The van der Waals surface area contributed by atoms with Gasteiger partial charge >= 0.3 is 0 Å². The van der Waals surface area contributed by atoms with Gasteiger partial charge in [-0.2, -0.15) is 0 Å². The molecule has 2 aromatic heterocycles. The molecule has 0 amide bonds. The summed E-state index contributed by atoms with van der Waals surface area (Å²) in [5.41, 5.74) is 2.14. The summed E-state index contributed by atoms with van der Waals surface area (Å²) in [6.07, 6.45) is 5.39. The molecular formula is C9H8N2. The van der Waals surface area contributed by atoms with Gasteiger partial charge in [0.05, 0.1) is 0 Å². The van der Waals surface area contributed by atoms with E-state index in [2.05, 4.69) is 16.5 Å². The molecule has 0 aromatic carbocycles. The first kappa shape index (κ1) is 6.16. The van der Waals surface area contributed by atoms with Crippen LogP contribution < -0.4 is 0 Å². The maximum Gasteiger partial charge on any atom is 0.0489 e. The summed E-state index contributed by atoms with van der Waals surface area (Å²) < 4.78 is 0. The Balaban J connectivity index is 2.78. The van der Waals surface area contributed by atoms with Crippen molar-refractivity contribution < 1.29 is 0 Å². The van der Waals surface area contributed by atoms with Crippen molar-refractivity contribution in [1.82, 2.24) is 9.97 Å². The van der Waals surface area contributed by atoms with E-state index in [1.165, 1.54) is 0 Å². The molecule has 2 heteroatoms.